The van der Waals surface area contributed by atoms with E-state index in [2.05, 4.69) is 5.32 Å². The summed E-state index contributed by atoms with van der Waals surface area (Å²) in [6.07, 6.45) is 0.664. The van der Waals surface area contributed by atoms with Crippen molar-refractivity contribution in [2.24, 2.45) is 5.92 Å². The predicted molar refractivity (Wildman–Crippen MR) is 74.6 cm³/mol. The molecule has 0 bridgehead atoms. The Morgan fingerprint density at radius 1 is 1.35 bits per heavy atom. The van der Waals surface area contributed by atoms with Crippen molar-refractivity contribution in [1.29, 1.82) is 0 Å². The molecule has 0 aliphatic rings. The monoisotopic (exact) mass is 275 g/mol. The molecule has 0 aliphatic heterocycles. The van der Waals surface area contributed by atoms with E-state index in [1.165, 1.54) is 0 Å². The van der Waals surface area contributed by atoms with Gasteiger partial charge in [0.2, 0.25) is 0 Å². The first-order chi connectivity index (χ1) is 9.52. The predicted octanol–water partition coefficient (Wildman–Crippen LogP) is 2.66. The van der Waals surface area contributed by atoms with Crippen LogP contribution in [0.2, 0.25) is 0 Å². The van der Waals surface area contributed by atoms with Crippen molar-refractivity contribution in [3.8, 4) is 0 Å². The van der Waals surface area contributed by atoms with Gasteiger partial charge in [-0.25, -0.2) is 4.79 Å². The minimum atomic E-state index is -1.04. The van der Waals surface area contributed by atoms with Gasteiger partial charge in [-0.2, -0.15) is 0 Å². The van der Waals surface area contributed by atoms with Crippen LogP contribution in [0.15, 0.2) is 34.7 Å². The molecule has 0 radical (unpaired) electrons. The van der Waals surface area contributed by atoms with Gasteiger partial charge in [-0.1, -0.05) is 38.5 Å². The molecule has 0 aliphatic carbocycles. The van der Waals surface area contributed by atoms with Crippen molar-refractivity contribution >= 4 is 22.8 Å². The summed E-state index contributed by atoms with van der Waals surface area (Å²) in [5.41, 5.74) is 0.605. The Labute approximate surface area is 116 Å². The molecule has 2 atom stereocenters. The van der Waals surface area contributed by atoms with Crippen LogP contribution < -0.4 is 5.32 Å². The number of benzene rings is 1. The zero-order chi connectivity index (χ0) is 14.7. The van der Waals surface area contributed by atoms with E-state index < -0.39 is 17.9 Å². The van der Waals surface area contributed by atoms with E-state index >= 15 is 0 Å². The summed E-state index contributed by atoms with van der Waals surface area (Å²) in [7, 11) is 0. The first-order valence-corrected chi connectivity index (χ1v) is 6.55. The zero-order valence-corrected chi connectivity index (χ0v) is 11.4. The van der Waals surface area contributed by atoms with E-state index in [-0.39, 0.29) is 11.7 Å². The first kappa shape index (κ1) is 14.1. The number of carboxylic acids is 1. The highest BCUT2D eigenvalue weighted by Gasteiger charge is 2.26. The van der Waals surface area contributed by atoms with Gasteiger partial charge in [0, 0.05) is 5.39 Å². The molecule has 0 spiro atoms. The van der Waals surface area contributed by atoms with Gasteiger partial charge < -0.3 is 14.8 Å². The molecular formula is C15H17NO4. The lowest BCUT2D eigenvalue weighted by molar-refractivity contribution is -0.140. The van der Waals surface area contributed by atoms with Crippen LogP contribution in [-0.2, 0) is 4.79 Å². The van der Waals surface area contributed by atoms with Gasteiger partial charge in [-0.3, -0.25) is 4.79 Å². The summed E-state index contributed by atoms with van der Waals surface area (Å²) < 4.78 is 5.42. The average molecular weight is 275 g/mol. The second kappa shape index (κ2) is 5.77. The highest BCUT2D eigenvalue weighted by molar-refractivity contribution is 5.97. The normalized spacial score (nSPS) is 13.9. The molecule has 0 saturated carbocycles. The van der Waals surface area contributed by atoms with Crippen LogP contribution >= 0.6 is 0 Å². The van der Waals surface area contributed by atoms with Gasteiger partial charge in [0.1, 0.15) is 11.6 Å². The van der Waals surface area contributed by atoms with Crippen LogP contribution in [0, 0.1) is 5.92 Å². The number of hydrogen-bond acceptors (Lipinski definition) is 3. The Hall–Kier alpha value is -2.30. The smallest absolute Gasteiger partial charge is 0.326 e. The van der Waals surface area contributed by atoms with E-state index in [1.807, 2.05) is 25.1 Å². The summed E-state index contributed by atoms with van der Waals surface area (Å²) in [5, 5.41) is 12.5. The van der Waals surface area contributed by atoms with E-state index in [4.69, 9.17) is 9.52 Å². The topological polar surface area (TPSA) is 79.5 Å². The molecular weight excluding hydrogens is 258 g/mol. The average Bonchev–Trinajstić information content (AvgIpc) is 2.87. The molecule has 1 aromatic heterocycles. The van der Waals surface area contributed by atoms with Gasteiger partial charge in [0.25, 0.3) is 5.91 Å². The van der Waals surface area contributed by atoms with Crippen molar-refractivity contribution in [3.05, 3.63) is 36.1 Å². The number of aliphatic carboxylic acids is 1. The molecule has 1 heterocycles. The van der Waals surface area contributed by atoms with E-state index in [0.29, 0.717) is 12.0 Å². The molecule has 0 fully saturated rings. The van der Waals surface area contributed by atoms with Gasteiger partial charge >= 0.3 is 5.97 Å². The Kier molecular flexibility index (Phi) is 4.08. The summed E-state index contributed by atoms with van der Waals surface area (Å²) in [5.74, 6) is -1.57. The Balaban J connectivity index is 2.20. The maximum absolute atomic E-state index is 12.1. The summed E-state index contributed by atoms with van der Waals surface area (Å²) >= 11 is 0. The highest BCUT2D eigenvalue weighted by Crippen LogP contribution is 2.19. The molecule has 1 aromatic carbocycles. The molecule has 1 amide bonds. The number of para-hydroxylation sites is 1. The molecule has 2 rings (SSSR count). The quantitative estimate of drug-likeness (QED) is 0.879. The number of amides is 1. The SMILES string of the molecule is CCC(C)C(NC(=O)c1cc2ccccc2o1)C(=O)O. The van der Waals surface area contributed by atoms with Crippen molar-refractivity contribution in [2.75, 3.05) is 0 Å². The first-order valence-electron chi connectivity index (χ1n) is 6.55. The van der Waals surface area contributed by atoms with Gasteiger partial charge in [0.15, 0.2) is 5.76 Å². The molecule has 5 heteroatoms. The number of furan rings is 1. The summed E-state index contributed by atoms with van der Waals surface area (Å²) in [6.45, 7) is 3.67. The Bertz CT molecular complexity index is 599. The third kappa shape index (κ3) is 2.82. The lowest BCUT2D eigenvalue weighted by Gasteiger charge is -2.19. The number of carboxylic acid groups (broad SMARTS) is 1. The molecule has 2 aromatic rings. The molecule has 2 unspecified atom stereocenters. The van der Waals surface area contributed by atoms with Crippen LogP contribution in [0.1, 0.15) is 30.8 Å². The number of fused-ring (bicyclic) bond motifs is 1. The van der Waals surface area contributed by atoms with Crippen molar-refractivity contribution in [1.82, 2.24) is 5.32 Å². The maximum Gasteiger partial charge on any atom is 0.326 e. The minimum absolute atomic E-state index is 0.126. The van der Waals surface area contributed by atoms with E-state index in [9.17, 15) is 9.59 Å². The van der Waals surface area contributed by atoms with Crippen molar-refractivity contribution in [3.63, 3.8) is 0 Å². The van der Waals surface area contributed by atoms with Crippen LogP contribution in [0.3, 0.4) is 0 Å². The second-order valence-corrected chi connectivity index (χ2v) is 4.82. The molecule has 2 N–H and O–H groups in total. The molecule has 0 saturated heterocycles. The third-order valence-corrected chi connectivity index (χ3v) is 3.41. The van der Waals surface area contributed by atoms with Crippen molar-refractivity contribution < 1.29 is 19.1 Å². The largest absolute Gasteiger partial charge is 0.480 e. The van der Waals surface area contributed by atoms with Gasteiger partial charge in [-0.15, -0.1) is 0 Å². The number of carbonyl (C=O) groups excluding carboxylic acids is 1. The molecule has 20 heavy (non-hydrogen) atoms. The Morgan fingerprint density at radius 2 is 2.05 bits per heavy atom. The maximum atomic E-state index is 12.1. The third-order valence-electron chi connectivity index (χ3n) is 3.41. The highest BCUT2D eigenvalue weighted by atomic mass is 16.4. The minimum Gasteiger partial charge on any atom is -0.480 e. The second-order valence-electron chi connectivity index (χ2n) is 4.82. The summed E-state index contributed by atoms with van der Waals surface area (Å²) in [6, 6.07) is 7.95. The van der Waals surface area contributed by atoms with E-state index in [0.717, 1.165) is 5.39 Å². The standard InChI is InChI=1S/C15H17NO4/c1-3-9(2)13(15(18)19)16-14(17)12-8-10-6-4-5-7-11(10)20-12/h4-9,13H,3H2,1-2H3,(H,16,17)(H,18,19). The number of nitrogens with one attached hydrogen (secondary N) is 1. The van der Waals surface area contributed by atoms with Crippen LogP contribution in [-0.4, -0.2) is 23.0 Å². The zero-order valence-electron chi connectivity index (χ0n) is 11.4. The lowest BCUT2D eigenvalue weighted by atomic mass is 9.99. The van der Waals surface area contributed by atoms with Gasteiger partial charge in [-0.05, 0) is 18.1 Å². The van der Waals surface area contributed by atoms with Crippen LogP contribution in [0.5, 0.6) is 0 Å². The molecule has 5 nitrogen and oxygen atoms in total. The van der Waals surface area contributed by atoms with E-state index in [1.54, 1.807) is 19.1 Å². The fourth-order valence-corrected chi connectivity index (χ4v) is 1.99. The number of carbonyl (C=O) groups is 2. The fourth-order valence-electron chi connectivity index (χ4n) is 1.99. The molecule has 106 valence electrons. The lowest BCUT2D eigenvalue weighted by Crippen LogP contribution is -2.44. The van der Waals surface area contributed by atoms with Crippen LogP contribution in [0.25, 0.3) is 11.0 Å². The summed E-state index contributed by atoms with van der Waals surface area (Å²) in [4.78, 5) is 23.3. The Morgan fingerprint density at radius 3 is 2.65 bits per heavy atom. The number of hydrogen-bond donors (Lipinski definition) is 2. The van der Waals surface area contributed by atoms with Gasteiger partial charge in [0.05, 0.1) is 0 Å². The number of rotatable bonds is 5. The van der Waals surface area contributed by atoms with Crippen molar-refractivity contribution in [2.45, 2.75) is 26.3 Å². The van der Waals surface area contributed by atoms with Crippen LogP contribution in [0.4, 0.5) is 0 Å². The fraction of sp³-hybridized carbons (Fsp3) is 0.333.